The molecule has 1 N–H and O–H groups in total. The molecule has 3 aliphatic carbocycles. The SMILES string of the molecule is CC(C)C(C)NC1CC2CCC1CC2. The van der Waals surface area contributed by atoms with Gasteiger partial charge in [0.05, 0.1) is 0 Å². The summed E-state index contributed by atoms with van der Waals surface area (Å²) < 4.78 is 0. The molecule has 0 aromatic heterocycles. The van der Waals surface area contributed by atoms with Crippen LogP contribution in [0.3, 0.4) is 0 Å². The topological polar surface area (TPSA) is 12.0 Å². The molecule has 3 aliphatic rings. The van der Waals surface area contributed by atoms with Gasteiger partial charge in [0.1, 0.15) is 0 Å². The van der Waals surface area contributed by atoms with Crippen LogP contribution in [0, 0.1) is 17.8 Å². The highest BCUT2D eigenvalue weighted by Gasteiger charge is 2.35. The highest BCUT2D eigenvalue weighted by atomic mass is 15.0. The third kappa shape index (κ3) is 2.13. The zero-order valence-corrected chi connectivity index (χ0v) is 9.92. The Morgan fingerprint density at radius 2 is 1.64 bits per heavy atom. The van der Waals surface area contributed by atoms with Crippen LogP contribution in [0.15, 0.2) is 0 Å². The first-order chi connectivity index (χ1) is 6.66. The molecule has 3 rings (SSSR count). The van der Waals surface area contributed by atoms with E-state index in [-0.39, 0.29) is 0 Å². The summed E-state index contributed by atoms with van der Waals surface area (Å²) in [6, 6.07) is 1.54. The molecule has 0 amide bonds. The Labute approximate surface area is 88.7 Å². The van der Waals surface area contributed by atoms with Crippen molar-refractivity contribution < 1.29 is 0 Å². The summed E-state index contributed by atoms with van der Waals surface area (Å²) in [6.07, 6.45) is 7.47. The average Bonchev–Trinajstić information content (AvgIpc) is 2.19. The van der Waals surface area contributed by atoms with E-state index in [9.17, 15) is 0 Å². The van der Waals surface area contributed by atoms with Crippen LogP contribution in [0.2, 0.25) is 0 Å². The smallest absolute Gasteiger partial charge is 0.0101 e. The van der Waals surface area contributed by atoms with Crippen LogP contribution < -0.4 is 5.32 Å². The van der Waals surface area contributed by atoms with Gasteiger partial charge in [0.15, 0.2) is 0 Å². The first kappa shape index (κ1) is 10.5. The standard InChI is InChI=1S/C13H25N/c1-9(2)10(3)14-13-8-11-4-6-12(13)7-5-11/h9-14H,4-8H2,1-3H3. The van der Waals surface area contributed by atoms with Gasteiger partial charge in [-0.1, -0.05) is 26.7 Å². The lowest BCUT2D eigenvalue weighted by Gasteiger charge is -2.44. The second kappa shape index (κ2) is 4.22. The molecule has 2 unspecified atom stereocenters. The molecule has 1 heteroatoms. The lowest BCUT2D eigenvalue weighted by molar-refractivity contribution is 0.112. The molecule has 0 aromatic rings. The fourth-order valence-corrected chi connectivity index (χ4v) is 3.11. The zero-order chi connectivity index (χ0) is 10.1. The van der Waals surface area contributed by atoms with Crippen LogP contribution in [0.1, 0.15) is 52.9 Å². The lowest BCUT2D eigenvalue weighted by Crippen LogP contribution is -2.49. The fourth-order valence-electron chi connectivity index (χ4n) is 3.11. The molecular weight excluding hydrogens is 170 g/mol. The van der Waals surface area contributed by atoms with E-state index in [4.69, 9.17) is 0 Å². The van der Waals surface area contributed by atoms with Crippen molar-refractivity contribution in [3.63, 3.8) is 0 Å². The van der Waals surface area contributed by atoms with E-state index >= 15 is 0 Å². The van der Waals surface area contributed by atoms with Crippen molar-refractivity contribution in [2.45, 2.75) is 65.0 Å². The van der Waals surface area contributed by atoms with E-state index in [1.807, 2.05) is 0 Å². The summed E-state index contributed by atoms with van der Waals surface area (Å²) in [5, 5.41) is 3.85. The van der Waals surface area contributed by atoms with Gasteiger partial charge in [-0.25, -0.2) is 0 Å². The van der Waals surface area contributed by atoms with Gasteiger partial charge in [-0.3, -0.25) is 0 Å². The molecule has 2 atom stereocenters. The molecule has 3 saturated carbocycles. The molecule has 14 heavy (non-hydrogen) atoms. The first-order valence-electron chi connectivity index (χ1n) is 6.43. The molecule has 1 nitrogen and oxygen atoms in total. The molecule has 3 fully saturated rings. The minimum Gasteiger partial charge on any atom is -0.311 e. The molecular formula is C13H25N. The quantitative estimate of drug-likeness (QED) is 0.729. The van der Waals surface area contributed by atoms with Crippen molar-refractivity contribution in [1.82, 2.24) is 5.32 Å². The van der Waals surface area contributed by atoms with Crippen LogP contribution >= 0.6 is 0 Å². The summed E-state index contributed by atoms with van der Waals surface area (Å²) in [5.74, 6) is 2.83. The maximum absolute atomic E-state index is 3.85. The summed E-state index contributed by atoms with van der Waals surface area (Å²) in [4.78, 5) is 0. The molecule has 0 saturated heterocycles. The molecule has 0 aromatic carbocycles. The summed E-state index contributed by atoms with van der Waals surface area (Å²) in [5.41, 5.74) is 0. The summed E-state index contributed by atoms with van der Waals surface area (Å²) in [6.45, 7) is 6.98. The summed E-state index contributed by atoms with van der Waals surface area (Å²) in [7, 11) is 0. The maximum Gasteiger partial charge on any atom is 0.0101 e. The fraction of sp³-hybridized carbons (Fsp3) is 1.00. The van der Waals surface area contributed by atoms with Crippen LogP contribution in [0.5, 0.6) is 0 Å². The second-order valence-electron chi connectivity index (χ2n) is 5.82. The molecule has 82 valence electrons. The van der Waals surface area contributed by atoms with Crippen molar-refractivity contribution in [1.29, 1.82) is 0 Å². The monoisotopic (exact) mass is 195 g/mol. The second-order valence-corrected chi connectivity index (χ2v) is 5.82. The van der Waals surface area contributed by atoms with E-state index in [1.165, 1.54) is 32.1 Å². The van der Waals surface area contributed by atoms with Gasteiger partial charge < -0.3 is 5.32 Å². The Balaban J connectivity index is 1.86. The molecule has 0 heterocycles. The Bertz CT molecular complexity index is 180. The molecule has 2 bridgehead atoms. The van der Waals surface area contributed by atoms with Crippen molar-refractivity contribution in [2.24, 2.45) is 17.8 Å². The van der Waals surface area contributed by atoms with Crippen molar-refractivity contribution in [2.75, 3.05) is 0 Å². The van der Waals surface area contributed by atoms with Crippen LogP contribution in [-0.4, -0.2) is 12.1 Å². The van der Waals surface area contributed by atoms with Gasteiger partial charge >= 0.3 is 0 Å². The number of hydrogen-bond acceptors (Lipinski definition) is 1. The minimum absolute atomic E-state index is 0.694. The van der Waals surface area contributed by atoms with E-state index < -0.39 is 0 Å². The number of hydrogen-bond donors (Lipinski definition) is 1. The zero-order valence-electron chi connectivity index (χ0n) is 9.92. The predicted molar refractivity (Wildman–Crippen MR) is 61.3 cm³/mol. The van der Waals surface area contributed by atoms with Gasteiger partial charge in [-0.15, -0.1) is 0 Å². The maximum atomic E-state index is 3.85. The summed E-state index contributed by atoms with van der Waals surface area (Å²) >= 11 is 0. The van der Waals surface area contributed by atoms with Gasteiger partial charge in [0.2, 0.25) is 0 Å². The largest absolute Gasteiger partial charge is 0.311 e. The minimum atomic E-state index is 0.694. The van der Waals surface area contributed by atoms with Gasteiger partial charge in [0, 0.05) is 12.1 Å². The van der Waals surface area contributed by atoms with E-state index in [0.717, 1.165) is 23.8 Å². The highest BCUT2D eigenvalue weighted by Crippen LogP contribution is 2.41. The lowest BCUT2D eigenvalue weighted by atomic mass is 9.67. The van der Waals surface area contributed by atoms with Crippen molar-refractivity contribution in [3.05, 3.63) is 0 Å². The van der Waals surface area contributed by atoms with Crippen LogP contribution in [0.25, 0.3) is 0 Å². The van der Waals surface area contributed by atoms with Gasteiger partial charge in [-0.2, -0.15) is 0 Å². The van der Waals surface area contributed by atoms with Crippen LogP contribution in [0.4, 0.5) is 0 Å². The van der Waals surface area contributed by atoms with E-state index in [0.29, 0.717) is 6.04 Å². The van der Waals surface area contributed by atoms with Gasteiger partial charge in [0.25, 0.3) is 0 Å². The molecule has 0 spiro atoms. The number of rotatable bonds is 3. The number of nitrogens with one attached hydrogen (secondary N) is 1. The third-order valence-corrected chi connectivity index (χ3v) is 4.52. The van der Waals surface area contributed by atoms with Crippen LogP contribution in [-0.2, 0) is 0 Å². The Morgan fingerprint density at radius 3 is 2.07 bits per heavy atom. The Hall–Kier alpha value is -0.0400. The third-order valence-electron chi connectivity index (χ3n) is 4.52. The Kier molecular flexibility index (Phi) is 3.16. The Morgan fingerprint density at radius 1 is 1.00 bits per heavy atom. The molecule has 0 aliphatic heterocycles. The normalized spacial score (nSPS) is 39.0. The van der Waals surface area contributed by atoms with E-state index in [1.54, 1.807) is 0 Å². The van der Waals surface area contributed by atoms with E-state index in [2.05, 4.69) is 26.1 Å². The van der Waals surface area contributed by atoms with Gasteiger partial charge in [-0.05, 0) is 43.9 Å². The average molecular weight is 195 g/mol. The highest BCUT2D eigenvalue weighted by molar-refractivity contribution is 4.91. The number of fused-ring (bicyclic) bond motifs is 3. The van der Waals surface area contributed by atoms with Crippen molar-refractivity contribution in [3.8, 4) is 0 Å². The van der Waals surface area contributed by atoms with Crippen molar-refractivity contribution >= 4 is 0 Å². The predicted octanol–water partition coefficient (Wildman–Crippen LogP) is 3.20. The first-order valence-corrected chi connectivity index (χ1v) is 6.43. The molecule has 0 radical (unpaired) electrons.